The van der Waals surface area contributed by atoms with E-state index in [0.29, 0.717) is 82.6 Å². The van der Waals surface area contributed by atoms with Gasteiger partial charge in [-0.2, -0.15) is 0 Å². The zero-order valence-electron chi connectivity index (χ0n) is 19.7. The molecule has 9 heteroatoms. The summed E-state index contributed by atoms with van der Waals surface area (Å²) >= 11 is 6.12. The highest BCUT2D eigenvalue weighted by Crippen LogP contribution is 2.36. The van der Waals surface area contributed by atoms with Gasteiger partial charge in [-0.05, 0) is 37.5 Å². The van der Waals surface area contributed by atoms with Gasteiger partial charge in [-0.15, -0.1) is 0 Å². The summed E-state index contributed by atoms with van der Waals surface area (Å²) < 4.78 is 11.5. The number of hydrogen-bond acceptors (Lipinski definition) is 5. The summed E-state index contributed by atoms with van der Waals surface area (Å²) in [6, 6.07) is 7.23. The number of carbonyl (C=O) groups excluding carboxylic acids is 3. The smallest absolute Gasteiger partial charge is 0.224 e. The number of amides is 3. The number of nitrogens with zero attached hydrogens (tertiary/aromatic N) is 3. The molecule has 4 rings (SSSR count). The van der Waals surface area contributed by atoms with Crippen molar-refractivity contribution in [2.45, 2.75) is 38.5 Å². The minimum Gasteiger partial charge on any atom is -0.493 e. The molecule has 1 aromatic carbocycles. The molecule has 0 saturated carbocycles. The van der Waals surface area contributed by atoms with Crippen LogP contribution < -0.4 is 4.74 Å². The average Bonchev–Trinajstić information content (AvgIpc) is 3.26. The van der Waals surface area contributed by atoms with Crippen LogP contribution in [0.25, 0.3) is 0 Å². The summed E-state index contributed by atoms with van der Waals surface area (Å²) in [6.45, 7) is 4.96. The number of carbonyl (C=O) groups is 3. The largest absolute Gasteiger partial charge is 0.493 e. The molecule has 3 aliphatic rings. The van der Waals surface area contributed by atoms with Gasteiger partial charge in [0.25, 0.3) is 0 Å². The van der Waals surface area contributed by atoms with E-state index in [2.05, 4.69) is 0 Å². The molecule has 3 fully saturated rings. The molecular formula is C25H34ClN3O5. The lowest BCUT2D eigenvalue weighted by Gasteiger charge is -2.43. The molecule has 3 amide bonds. The fraction of sp³-hybridized carbons (Fsp3) is 0.640. The standard InChI is InChI=1S/C25H34ClN3O5/c26-20-4-1-5-21(16-20)34-19-25(17-24(32)28-12-14-33-15-13-28)8-3-10-29(18-25)23(31)7-11-27-9-2-6-22(27)30/h1,4-5,16H,2-3,6-15,17-19H2/t25-/m1/s1. The summed E-state index contributed by atoms with van der Waals surface area (Å²) in [7, 11) is 0. The Morgan fingerprint density at radius 2 is 1.88 bits per heavy atom. The first-order valence-electron chi connectivity index (χ1n) is 12.2. The monoisotopic (exact) mass is 491 g/mol. The highest BCUT2D eigenvalue weighted by molar-refractivity contribution is 6.30. The maximum Gasteiger partial charge on any atom is 0.224 e. The number of piperidine rings is 1. The van der Waals surface area contributed by atoms with Crippen LogP contribution in [0.5, 0.6) is 5.75 Å². The molecular weight excluding hydrogens is 458 g/mol. The number of morpholine rings is 1. The van der Waals surface area contributed by atoms with Crippen molar-refractivity contribution in [1.29, 1.82) is 0 Å². The minimum atomic E-state index is -0.477. The van der Waals surface area contributed by atoms with Crippen molar-refractivity contribution in [3.63, 3.8) is 0 Å². The van der Waals surface area contributed by atoms with Crippen LogP contribution in [0.1, 0.15) is 38.5 Å². The number of halogens is 1. The fourth-order valence-electron chi connectivity index (χ4n) is 5.10. The number of likely N-dealkylation sites (tertiary alicyclic amines) is 2. The Kier molecular flexibility index (Phi) is 8.32. The number of hydrogen-bond donors (Lipinski definition) is 0. The van der Waals surface area contributed by atoms with Gasteiger partial charge >= 0.3 is 0 Å². The summed E-state index contributed by atoms with van der Waals surface area (Å²) in [5.41, 5.74) is -0.477. The van der Waals surface area contributed by atoms with Crippen LogP contribution in [-0.4, -0.2) is 91.5 Å². The molecule has 3 heterocycles. The van der Waals surface area contributed by atoms with Crippen molar-refractivity contribution in [3.05, 3.63) is 29.3 Å². The van der Waals surface area contributed by atoms with Gasteiger partial charge in [0.15, 0.2) is 0 Å². The molecule has 3 saturated heterocycles. The summed E-state index contributed by atoms with van der Waals surface area (Å²) in [4.78, 5) is 43.7. The Labute approximate surface area is 206 Å². The second kappa shape index (κ2) is 11.4. The van der Waals surface area contributed by atoms with Crippen LogP contribution in [0.15, 0.2) is 24.3 Å². The molecule has 1 atom stereocenters. The molecule has 34 heavy (non-hydrogen) atoms. The van der Waals surface area contributed by atoms with E-state index >= 15 is 0 Å². The number of benzene rings is 1. The average molecular weight is 492 g/mol. The van der Waals surface area contributed by atoms with E-state index in [1.165, 1.54) is 0 Å². The van der Waals surface area contributed by atoms with Gasteiger partial charge in [-0.1, -0.05) is 17.7 Å². The molecule has 1 aromatic rings. The molecule has 186 valence electrons. The minimum absolute atomic E-state index is 0.0327. The highest BCUT2D eigenvalue weighted by Gasteiger charge is 2.41. The third kappa shape index (κ3) is 6.42. The molecule has 3 aliphatic heterocycles. The first-order chi connectivity index (χ1) is 16.4. The zero-order valence-corrected chi connectivity index (χ0v) is 20.4. The van der Waals surface area contributed by atoms with E-state index < -0.39 is 5.41 Å². The Bertz CT molecular complexity index is 891. The maximum absolute atomic E-state index is 13.2. The van der Waals surface area contributed by atoms with E-state index in [1.807, 2.05) is 21.9 Å². The molecule has 0 radical (unpaired) electrons. The third-order valence-electron chi connectivity index (χ3n) is 7.01. The van der Waals surface area contributed by atoms with Gasteiger partial charge in [-0.25, -0.2) is 0 Å². The maximum atomic E-state index is 13.2. The molecule has 0 unspecified atom stereocenters. The molecule has 0 N–H and O–H groups in total. The SMILES string of the molecule is O=C1CCCN1CCC(=O)N1CCC[C@@](COc2cccc(Cl)c2)(CC(=O)N2CCOCC2)C1. The number of ether oxygens (including phenoxy) is 2. The topological polar surface area (TPSA) is 79.4 Å². The third-order valence-corrected chi connectivity index (χ3v) is 7.25. The van der Waals surface area contributed by atoms with E-state index in [-0.39, 0.29) is 17.7 Å². The number of rotatable bonds is 8. The van der Waals surface area contributed by atoms with Crippen LogP contribution in [0.3, 0.4) is 0 Å². The Hall–Kier alpha value is -2.32. The summed E-state index contributed by atoms with van der Waals surface area (Å²) in [6.07, 6.45) is 3.69. The van der Waals surface area contributed by atoms with Crippen molar-refractivity contribution in [3.8, 4) is 5.75 Å². The van der Waals surface area contributed by atoms with Gasteiger partial charge in [0.1, 0.15) is 5.75 Å². The molecule has 0 bridgehead atoms. The van der Waals surface area contributed by atoms with Crippen LogP contribution in [-0.2, 0) is 19.1 Å². The lowest BCUT2D eigenvalue weighted by atomic mass is 9.77. The van der Waals surface area contributed by atoms with E-state index in [9.17, 15) is 14.4 Å². The quantitative estimate of drug-likeness (QED) is 0.558. The fourth-order valence-corrected chi connectivity index (χ4v) is 5.28. The first-order valence-corrected chi connectivity index (χ1v) is 12.6. The van der Waals surface area contributed by atoms with Crippen molar-refractivity contribution >= 4 is 29.3 Å². The highest BCUT2D eigenvalue weighted by atomic mass is 35.5. The lowest BCUT2D eigenvalue weighted by Crippen LogP contribution is -2.52. The molecule has 0 aliphatic carbocycles. The van der Waals surface area contributed by atoms with Crippen molar-refractivity contribution in [1.82, 2.24) is 14.7 Å². The predicted octanol–water partition coefficient (Wildman–Crippen LogP) is 2.59. The second-order valence-corrected chi connectivity index (χ2v) is 10.0. The van der Waals surface area contributed by atoms with Gasteiger partial charge in [0.05, 0.1) is 19.8 Å². The van der Waals surface area contributed by atoms with Gasteiger partial charge in [0, 0.05) is 69.0 Å². The molecule has 0 spiro atoms. The van der Waals surface area contributed by atoms with Crippen LogP contribution in [0.4, 0.5) is 0 Å². The van der Waals surface area contributed by atoms with E-state index in [1.54, 1.807) is 17.0 Å². The Morgan fingerprint density at radius 1 is 1.06 bits per heavy atom. The normalized spacial score (nSPS) is 23.3. The van der Waals surface area contributed by atoms with Gasteiger partial charge in [-0.3, -0.25) is 14.4 Å². The van der Waals surface area contributed by atoms with Crippen LogP contribution >= 0.6 is 11.6 Å². The molecule has 8 nitrogen and oxygen atoms in total. The van der Waals surface area contributed by atoms with Crippen LogP contribution in [0.2, 0.25) is 5.02 Å². The lowest BCUT2D eigenvalue weighted by molar-refractivity contribution is -0.144. The van der Waals surface area contributed by atoms with Crippen molar-refractivity contribution < 1.29 is 23.9 Å². The Morgan fingerprint density at radius 3 is 2.62 bits per heavy atom. The molecule has 0 aromatic heterocycles. The van der Waals surface area contributed by atoms with Crippen molar-refractivity contribution in [2.75, 3.05) is 59.1 Å². The first kappa shape index (κ1) is 24.8. The predicted molar refractivity (Wildman–Crippen MR) is 128 cm³/mol. The summed E-state index contributed by atoms with van der Waals surface area (Å²) in [5, 5.41) is 0.591. The van der Waals surface area contributed by atoms with Gasteiger partial charge in [0.2, 0.25) is 17.7 Å². The van der Waals surface area contributed by atoms with E-state index in [4.69, 9.17) is 21.1 Å². The van der Waals surface area contributed by atoms with Crippen molar-refractivity contribution in [2.24, 2.45) is 5.41 Å². The Balaban J connectivity index is 1.43. The zero-order chi connectivity index (χ0) is 24.0. The van der Waals surface area contributed by atoms with E-state index in [0.717, 1.165) is 25.8 Å². The van der Waals surface area contributed by atoms with Gasteiger partial charge < -0.3 is 24.2 Å². The second-order valence-electron chi connectivity index (χ2n) is 9.57. The summed E-state index contributed by atoms with van der Waals surface area (Å²) in [5.74, 6) is 0.897. The van der Waals surface area contributed by atoms with Crippen LogP contribution in [0, 0.1) is 5.41 Å².